The Bertz CT molecular complexity index is 1010. The average Bonchev–Trinajstić information content (AvgIpc) is 3.23. The van der Waals surface area contributed by atoms with E-state index in [9.17, 15) is 9.59 Å². The number of nitrogens with one attached hydrogen (secondary N) is 2. The van der Waals surface area contributed by atoms with E-state index in [0.29, 0.717) is 5.56 Å². The van der Waals surface area contributed by atoms with Gasteiger partial charge >= 0.3 is 0 Å². The molecule has 2 N–H and O–H groups in total. The molecule has 3 aromatic rings. The van der Waals surface area contributed by atoms with Crippen LogP contribution in [0, 0.1) is 11.3 Å². The van der Waals surface area contributed by atoms with Crippen LogP contribution < -0.4 is 10.6 Å². The highest BCUT2D eigenvalue weighted by atomic mass is 32.1. The summed E-state index contributed by atoms with van der Waals surface area (Å²) in [5.41, 5.74) is 3.10. The normalized spacial score (nSPS) is 11.3. The molecular formula is C20H17N5O2S. The van der Waals surface area contributed by atoms with Gasteiger partial charge in [-0.15, -0.1) is 11.3 Å². The molecular weight excluding hydrogens is 374 g/mol. The Hall–Kier alpha value is -3.57. The fourth-order valence-corrected chi connectivity index (χ4v) is 3.27. The van der Waals surface area contributed by atoms with Crippen molar-refractivity contribution in [2.45, 2.75) is 13.0 Å². The summed E-state index contributed by atoms with van der Waals surface area (Å²) < 4.78 is 0. The number of hydrogen-bond donors (Lipinski definition) is 2. The number of aromatic nitrogens is 2. The zero-order valence-corrected chi connectivity index (χ0v) is 15.9. The summed E-state index contributed by atoms with van der Waals surface area (Å²) in [6.07, 6.45) is 3.49. The zero-order chi connectivity index (χ0) is 19.9. The quantitative estimate of drug-likeness (QED) is 0.628. The van der Waals surface area contributed by atoms with E-state index in [0.717, 1.165) is 21.8 Å². The second kappa shape index (κ2) is 8.88. The Labute approximate surface area is 166 Å². The van der Waals surface area contributed by atoms with Crippen LogP contribution >= 0.6 is 11.3 Å². The van der Waals surface area contributed by atoms with Crippen molar-refractivity contribution in [3.63, 3.8) is 0 Å². The molecule has 8 heteroatoms. The van der Waals surface area contributed by atoms with Crippen molar-refractivity contribution in [2.24, 2.45) is 0 Å². The Kier molecular flexibility index (Phi) is 6.09. The molecule has 0 radical (unpaired) electrons. The number of thiazole rings is 1. The molecule has 7 nitrogen and oxygen atoms in total. The lowest BCUT2D eigenvalue weighted by atomic mass is 10.1. The Balaban J connectivity index is 1.67. The van der Waals surface area contributed by atoms with Crippen molar-refractivity contribution in [1.29, 1.82) is 5.26 Å². The second-order valence-corrected chi connectivity index (χ2v) is 6.79. The zero-order valence-electron chi connectivity index (χ0n) is 15.0. The summed E-state index contributed by atoms with van der Waals surface area (Å²) >= 11 is 1.53. The summed E-state index contributed by atoms with van der Waals surface area (Å²) in [5.74, 6) is -0.766. The number of hydrogen-bond acceptors (Lipinski definition) is 6. The first-order valence-electron chi connectivity index (χ1n) is 8.50. The van der Waals surface area contributed by atoms with Gasteiger partial charge in [0.15, 0.2) is 0 Å². The number of pyridine rings is 1. The topological polar surface area (TPSA) is 108 Å². The summed E-state index contributed by atoms with van der Waals surface area (Å²) in [6, 6.07) is 11.9. The molecule has 0 bridgehead atoms. The number of benzene rings is 1. The molecule has 28 heavy (non-hydrogen) atoms. The highest BCUT2D eigenvalue weighted by Crippen LogP contribution is 2.28. The minimum Gasteiger partial charge on any atom is -0.341 e. The van der Waals surface area contributed by atoms with Crippen molar-refractivity contribution >= 4 is 23.2 Å². The van der Waals surface area contributed by atoms with Crippen molar-refractivity contribution in [1.82, 2.24) is 20.6 Å². The van der Waals surface area contributed by atoms with Gasteiger partial charge in [-0.25, -0.2) is 4.98 Å². The van der Waals surface area contributed by atoms with Crippen LogP contribution in [0.1, 0.15) is 17.3 Å². The van der Waals surface area contributed by atoms with Crippen molar-refractivity contribution < 1.29 is 9.59 Å². The van der Waals surface area contributed by atoms with Gasteiger partial charge in [-0.05, 0) is 31.2 Å². The van der Waals surface area contributed by atoms with E-state index in [4.69, 9.17) is 5.26 Å². The van der Waals surface area contributed by atoms with E-state index in [2.05, 4.69) is 20.6 Å². The molecule has 3 rings (SSSR count). The third-order valence-corrected chi connectivity index (χ3v) is 4.83. The molecule has 140 valence electrons. The molecule has 1 atom stereocenters. The lowest BCUT2D eigenvalue weighted by Crippen LogP contribution is -2.44. The smallest absolute Gasteiger partial charge is 0.251 e. The Morgan fingerprint density at radius 1 is 1.21 bits per heavy atom. The van der Waals surface area contributed by atoms with Gasteiger partial charge in [0, 0.05) is 34.5 Å². The number of carbonyl (C=O) groups is 2. The Morgan fingerprint density at radius 2 is 2.00 bits per heavy atom. The van der Waals surface area contributed by atoms with Gasteiger partial charge < -0.3 is 10.6 Å². The molecule has 2 aromatic heterocycles. The van der Waals surface area contributed by atoms with E-state index in [1.807, 2.05) is 35.7 Å². The summed E-state index contributed by atoms with van der Waals surface area (Å²) in [7, 11) is 0. The van der Waals surface area contributed by atoms with Crippen LogP contribution in [0.2, 0.25) is 0 Å². The number of rotatable bonds is 6. The molecule has 0 aliphatic heterocycles. The number of nitrogens with zero attached hydrogens (tertiary/aromatic N) is 3. The number of carbonyl (C=O) groups excluding carboxylic acids is 2. The van der Waals surface area contributed by atoms with Crippen molar-refractivity contribution in [2.75, 3.05) is 6.54 Å². The summed E-state index contributed by atoms with van der Waals surface area (Å²) in [4.78, 5) is 32.8. The summed E-state index contributed by atoms with van der Waals surface area (Å²) in [6.45, 7) is 1.47. The molecule has 1 unspecified atom stereocenters. The van der Waals surface area contributed by atoms with E-state index in [-0.39, 0.29) is 12.5 Å². The third-order valence-electron chi connectivity index (χ3n) is 3.94. The first kappa shape index (κ1) is 19.2. The lowest BCUT2D eigenvalue weighted by Gasteiger charge is -2.13. The molecule has 0 aliphatic carbocycles. The predicted molar refractivity (Wildman–Crippen MR) is 106 cm³/mol. The van der Waals surface area contributed by atoms with Crippen molar-refractivity contribution in [3.05, 3.63) is 59.7 Å². The number of nitriles is 1. The molecule has 2 amide bonds. The van der Waals surface area contributed by atoms with Gasteiger partial charge in [0.05, 0.1) is 11.8 Å². The maximum absolute atomic E-state index is 12.3. The van der Waals surface area contributed by atoms with Gasteiger partial charge in [0.1, 0.15) is 17.6 Å². The molecule has 0 saturated heterocycles. The number of amides is 2. The highest BCUT2D eigenvalue weighted by molar-refractivity contribution is 7.13. The maximum Gasteiger partial charge on any atom is 0.251 e. The Morgan fingerprint density at radius 3 is 2.68 bits per heavy atom. The van der Waals surface area contributed by atoms with E-state index < -0.39 is 11.9 Å². The molecule has 2 heterocycles. The van der Waals surface area contributed by atoms with Crippen LogP contribution in [0.15, 0.2) is 54.2 Å². The minimum absolute atomic E-state index is 0.0948. The van der Waals surface area contributed by atoms with Gasteiger partial charge in [-0.2, -0.15) is 5.26 Å². The van der Waals surface area contributed by atoms with Crippen LogP contribution in [0.25, 0.3) is 21.8 Å². The fourth-order valence-electron chi connectivity index (χ4n) is 2.45. The van der Waals surface area contributed by atoms with E-state index in [1.165, 1.54) is 11.3 Å². The van der Waals surface area contributed by atoms with Crippen LogP contribution in [0.3, 0.4) is 0 Å². The van der Waals surface area contributed by atoms with Gasteiger partial charge in [0.25, 0.3) is 5.91 Å². The van der Waals surface area contributed by atoms with Gasteiger partial charge in [0.2, 0.25) is 5.91 Å². The highest BCUT2D eigenvalue weighted by Gasteiger charge is 2.16. The van der Waals surface area contributed by atoms with E-state index in [1.54, 1.807) is 31.5 Å². The van der Waals surface area contributed by atoms with Gasteiger partial charge in [-0.1, -0.05) is 12.1 Å². The molecule has 0 saturated carbocycles. The monoisotopic (exact) mass is 391 g/mol. The minimum atomic E-state index is -0.735. The first-order chi connectivity index (χ1) is 13.6. The van der Waals surface area contributed by atoms with Crippen LogP contribution in [0.4, 0.5) is 0 Å². The first-order valence-corrected chi connectivity index (χ1v) is 9.38. The average molecular weight is 391 g/mol. The standard InChI is InChI=1S/C20H17N5O2S/c1-13(18(26)23-10-8-21)24-19(27)15-6-4-14(5-7-15)17-12-28-20(25-17)16-3-2-9-22-11-16/h2-7,9,11-13H,10H2,1H3,(H,23,26)(H,24,27). The third kappa shape index (κ3) is 4.58. The second-order valence-electron chi connectivity index (χ2n) is 5.93. The lowest BCUT2D eigenvalue weighted by molar-refractivity contribution is -0.122. The maximum atomic E-state index is 12.3. The van der Waals surface area contributed by atoms with Crippen LogP contribution in [-0.2, 0) is 4.79 Å². The molecule has 0 aliphatic rings. The predicted octanol–water partition coefficient (Wildman–Crippen LogP) is 2.63. The van der Waals surface area contributed by atoms with Crippen LogP contribution in [-0.4, -0.2) is 34.4 Å². The SMILES string of the molecule is CC(NC(=O)c1ccc(-c2csc(-c3cccnc3)n2)cc1)C(=O)NCC#N. The van der Waals surface area contributed by atoms with Gasteiger partial charge in [-0.3, -0.25) is 14.6 Å². The summed E-state index contributed by atoms with van der Waals surface area (Å²) in [5, 5.41) is 16.3. The largest absolute Gasteiger partial charge is 0.341 e. The molecule has 0 spiro atoms. The van der Waals surface area contributed by atoms with Crippen LogP contribution in [0.5, 0.6) is 0 Å². The molecule has 1 aromatic carbocycles. The molecule has 0 fully saturated rings. The fraction of sp³-hybridized carbons (Fsp3) is 0.150. The van der Waals surface area contributed by atoms with Crippen molar-refractivity contribution in [3.8, 4) is 27.9 Å². The van der Waals surface area contributed by atoms with E-state index >= 15 is 0 Å².